The van der Waals surface area contributed by atoms with Gasteiger partial charge in [0.25, 0.3) is 0 Å². The van der Waals surface area contributed by atoms with Gasteiger partial charge in [-0.25, -0.2) is 4.98 Å². The number of rotatable bonds is 6. The van der Waals surface area contributed by atoms with E-state index in [1.807, 2.05) is 10.8 Å². The average Bonchev–Trinajstić information content (AvgIpc) is 3.26. The quantitative estimate of drug-likeness (QED) is 0.708. The van der Waals surface area contributed by atoms with Gasteiger partial charge >= 0.3 is 0 Å². The van der Waals surface area contributed by atoms with Crippen LogP contribution in [0.1, 0.15) is 24.3 Å². The van der Waals surface area contributed by atoms with Gasteiger partial charge in [-0.15, -0.1) is 0 Å². The molecule has 0 unspecified atom stereocenters. The minimum Gasteiger partial charge on any atom is -0.356 e. The number of fused-ring (bicyclic) bond motifs is 1. The van der Waals surface area contributed by atoms with E-state index in [2.05, 4.69) is 52.8 Å². The molecular formula is C20H21N3O. The number of aryl methyl sites for hydroxylation is 1. The van der Waals surface area contributed by atoms with E-state index in [1.165, 1.54) is 16.3 Å². The Balaban J connectivity index is 1.29. The molecule has 1 aliphatic carbocycles. The molecule has 4 rings (SSSR count). The van der Waals surface area contributed by atoms with E-state index in [1.54, 1.807) is 12.5 Å². The molecule has 1 amide bonds. The van der Waals surface area contributed by atoms with E-state index in [9.17, 15) is 4.79 Å². The van der Waals surface area contributed by atoms with Crippen molar-refractivity contribution in [2.75, 3.05) is 6.54 Å². The summed E-state index contributed by atoms with van der Waals surface area (Å²) in [6.45, 7) is 1.61. The van der Waals surface area contributed by atoms with Crippen molar-refractivity contribution in [1.29, 1.82) is 0 Å². The summed E-state index contributed by atoms with van der Waals surface area (Å²) in [4.78, 5) is 16.3. The normalized spacial score (nSPS) is 19.3. The minimum atomic E-state index is 0.138. The number of nitrogens with zero attached hydrogens (tertiary/aromatic N) is 2. The maximum atomic E-state index is 12.3. The van der Waals surface area contributed by atoms with Crippen LogP contribution in [-0.4, -0.2) is 22.0 Å². The summed E-state index contributed by atoms with van der Waals surface area (Å²) in [5.41, 5.74) is 1.28. The second kappa shape index (κ2) is 6.48. The van der Waals surface area contributed by atoms with Crippen molar-refractivity contribution in [2.24, 2.45) is 5.92 Å². The van der Waals surface area contributed by atoms with E-state index < -0.39 is 0 Å². The van der Waals surface area contributed by atoms with Gasteiger partial charge in [0, 0.05) is 31.4 Å². The van der Waals surface area contributed by atoms with Crippen LogP contribution in [0.15, 0.2) is 61.2 Å². The maximum Gasteiger partial charge on any atom is 0.223 e. The maximum absolute atomic E-state index is 12.3. The molecule has 24 heavy (non-hydrogen) atoms. The standard InChI is InChI=1S/C20H21N3O/c24-20(22-8-3-10-23-11-9-21-14-23)19-13-18(19)17-7-6-15-4-1-2-5-16(15)12-17/h1-2,4-7,9,11-12,14,18-19H,3,8,10,13H2,(H,22,24)/t18-,19+/m1/s1. The van der Waals surface area contributed by atoms with Crippen LogP contribution < -0.4 is 5.32 Å². The molecule has 2 aromatic carbocycles. The first-order valence-electron chi connectivity index (χ1n) is 8.53. The van der Waals surface area contributed by atoms with Crippen LogP contribution in [0.4, 0.5) is 0 Å². The van der Waals surface area contributed by atoms with Crippen molar-refractivity contribution in [2.45, 2.75) is 25.3 Å². The average molecular weight is 319 g/mol. The van der Waals surface area contributed by atoms with Crippen LogP contribution >= 0.6 is 0 Å². The molecule has 122 valence electrons. The second-order valence-corrected chi connectivity index (χ2v) is 6.50. The van der Waals surface area contributed by atoms with E-state index in [0.29, 0.717) is 5.92 Å². The second-order valence-electron chi connectivity index (χ2n) is 6.50. The molecule has 1 aromatic heterocycles. The van der Waals surface area contributed by atoms with Gasteiger partial charge < -0.3 is 9.88 Å². The zero-order chi connectivity index (χ0) is 16.4. The number of benzene rings is 2. The lowest BCUT2D eigenvalue weighted by Gasteiger charge is -2.06. The predicted octanol–water partition coefficient (Wildman–Crippen LogP) is 3.35. The summed E-state index contributed by atoms with van der Waals surface area (Å²) in [6.07, 6.45) is 7.41. The highest BCUT2D eigenvalue weighted by molar-refractivity contribution is 5.85. The number of carbonyl (C=O) groups excluding carboxylic acids is 1. The fraction of sp³-hybridized carbons (Fsp3) is 0.300. The zero-order valence-corrected chi connectivity index (χ0v) is 13.6. The summed E-state index contributed by atoms with van der Waals surface area (Å²) in [6, 6.07) is 14.9. The Kier molecular flexibility index (Phi) is 4.03. The number of hydrogen-bond acceptors (Lipinski definition) is 2. The van der Waals surface area contributed by atoms with E-state index >= 15 is 0 Å². The Labute approximate surface area is 141 Å². The van der Waals surface area contributed by atoms with Crippen LogP contribution in [0, 0.1) is 5.92 Å². The Morgan fingerprint density at radius 3 is 2.92 bits per heavy atom. The molecule has 0 radical (unpaired) electrons. The monoisotopic (exact) mass is 319 g/mol. The molecule has 0 bridgehead atoms. The Morgan fingerprint density at radius 2 is 2.08 bits per heavy atom. The summed E-state index contributed by atoms with van der Waals surface area (Å²) < 4.78 is 2.03. The summed E-state index contributed by atoms with van der Waals surface area (Å²) >= 11 is 0. The lowest BCUT2D eigenvalue weighted by molar-refractivity contribution is -0.122. The zero-order valence-electron chi connectivity index (χ0n) is 13.6. The van der Waals surface area contributed by atoms with Crippen molar-refractivity contribution < 1.29 is 4.79 Å². The number of nitrogens with one attached hydrogen (secondary N) is 1. The molecular weight excluding hydrogens is 298 g/mol. The fourth-order valence-electron chi connectivity index (χ4n) is 3.31. The van der Waals surface area contributed by atoms with Crippen LogP contribution in [0.25, 0.3) is 10.8 Å². The number of hydrogen-bond donors (Lipinski definition) is 1. The van der Waals surface area contributed by atoms with Gasteiger partial charge in [-0.2, -0.15) is 0 Å². The Bertz CT molecular complexity index is 841. The minimum absolute atomic E-state index is 0.138. The fourth-order valence-corrected chi connectivity index (χ4v) is 3.31. The van der Waals surface area contributed by atoms with Gasteiger partial charge in [0.15, 0.2) is 0 Å². The van der Waals surface area contributed by atoms with E-state index in [0.717, 1.165) is 25.9 Å². The van der Waals surface area contributed by atoms with Crippen LogP contribution in [-0.2, 0) is 11.3 Å². The predicted molar refractivity (Wildman–Crippen MR) is 94.6 cm³/mol. The van der Waals surface area contributed by atoms with Crippen LogP contribution in [0.5, 0.6) is 0 Å². The van der Waals surface area contributed by atoms with Crippen molar-refractivity contribution in [1.82, 2.24) is 14.9 Å². The third-order valence-electron chi connectivity index (χ3n) is 4.78. The van der Waals surface area contributed by atoms with Crippen molar-refractivity contribution >= 4 is 16.7 Å². The van der Waals surface area contributed by atoms with Crippen molar-refractivity contribution in [3.05, 3.63) is 66.7 Å². The SMILES string of the molecule is O=C(NCCCn1ccnc1)[C@H]1C[C@@H]1c1ccc2ccccc2c1. The molecule has 4 heteroatoms. The highest BCUT2D eigenvalue weighted by atomic mass is 16.2. The lowest BCUT2D eigenvalue weighted by Crippen LogP contribution is -2.27. The van der Waals surface area contributed by atoms with Gasteiger partial charge in [-0.05, 0) is 35.1 Å². The van der Waals surface area contributed by atoms with E-state index in [-0.39, 0.29) is 11.8 Å². The number of carbonyl (C=O) groups is 1. The van der Waals surface area contributed by atoms with Crippen molar-refractivity contribution in [3.8, 4) is 0 Å². The highest BCUT2D eigenvalue weighted by Crippen LogP contribution is 2.48. The number of aromatic nitrogens is 2. The van der Waals surface area contributed by atoms with Gasteiger partial charge in [0.2, 0.25) is 5.91 Å². The first-order valence-corrected chi connectivity index (χ1v) is 8.53. The summed E-state index contributed by atoms with van der Waals surface area (Å²) in [5.74, 6) is 0.710. The topological polar surface area (TPSA) is 46.9 Å². The van der Waals surface area contributed by atoms with Gasteiger partial charge in [0.05, 0.1) is 6.33 Å². The molecule has 3 aromatic rings. The first-order chi connectivity index (χ1) is 11.8. The molecule has 0 spiro atoms. The summed E-state index contributed by atoms with van der Waals surface area (Å²) in [7, 11) is 0. The van der Waals surface area contributed by atoms with Gasteiger partial charge in [-0.1, -0.05) is 42.5 Å². The van der Waals surface area contributed by atoms with E-state index in [4.69, 9.17) is 0 Å². The van der Waals surface area contributed by atoms with Crippen LogP contribution in [0.2, 0.25) is 0 Å². The molecule has 4 nitrogen and oxygen atoms in total. The largest absolute Gasteiger partial charge is 0.356 e. The smallest absolute Gasteiger partial charge is 0.223 e. The van der Waals surface area contributed by atoms with Gasteiger partial charge in [-0.3, -0.25) is 4.79 Å². The third-order valence-corrected chi connectivity index (χ3v) is 4.78. The highest BCUT2D eigenvalue weighted by Gasteiger charge is 2.43. The Morgan fingerprint density at radius 1 is 1.21 bits per heavy atom. The third kappa shape index (κ3) is 3.18. The number of amides is 1. The lowest BCUT2D eigenvalue weighted by atomic mass is 10.0. The molecule has 1 heterocycles. The van der Waals surface area contributed by atoms with Crippen LogP contribution in [0.3, 0.4) is 0 Å². The molecule has 0 saturated heterocycles. The molecule has 1 aliphatic rings. The molecule has 1 N–H and O–H groups in total. The number of imidazole rings is 1. The molecule has 1 fully saturated rings. The van der Waals surface area contributed by atoms with Crippen molar-refractivity contribution in [3.63, 3.8) is 0 Å². The Hall–Kier alpha value is -2.62. The summed E-state index contributed by atoms with van der Waals surface area (Å²) in [5, 5.41) is 5.57. The molecule has 0 aliphatic heterocycles. The van der Waals surface area contributed by atoms with Gasteiger partial charge in [0.1, 0.15) is 0 Å². The first kappa shape index (κ1) is 14.9. The molecule has 2 atom stereocenters. The molecule has 1 saturated carbocycles.